The van der Waals surface area contributed by atoms with E-state index in [2.05, 4.69) is 29.0 Å². The molecule has 0 aromatic heterocycles. The molecule has 0 radical (unpaired) electrons. The Morgan fingerprint density at radius 3 is 2.30 bits per heavy atom. The number of methoxy groups -OCH3 is 2. The number of ether oxygens (including phenoxy) is 3. The molecule has 1 fully saturated rings. The van der Waals surface area contributed by atoms with Crippen molar-refractivity contribution in [3.8, 4) is 11.5 Å². The molecule has 33 heavy (non-hydrogen) atoms. The Kier molecular flexibility index (Phi) is 9.54. The van der Waals surface area contributed by atoms with Crippen molar-refractivity contribution in [1.82, 2.24) is 15.1 Å². The summed E-state index contributed by atoms with van der Waals surface area (Å²) in [6.07, 6.45) is 0. The highest BCUT2D eigenvalue weighted by atomic mass is 16.5. The van der Waals surface area contributed by atoms with Crippen LogP contribution in [0.1, 0.15) is 41.4 Å². The van der Waals surface area contributed by atoms with E-state index in [0.29, 0.717) is 36.8 Å². The third-order valence-electron chi connectivity index (χ3n) is 6.25. The maximum Gasteiger partial charge on any atom is 0.251 e. The third kappa shape index (κ3) is 6.69. The van der Waals surface area contributed by atoms with Crippen LogP contribution >= 0.6 is 0 Å². The van der Waals surface area contributed by atoms with E-state index in [4.69, 9.17) is 14.2 Å². The Hall–Kier alpha value is -2.61. The average molecular weight is 456 g/mol. The molecule has 3 rings (SSSR count). The first-order valence-corrected chi connectivity index (χ1v) is 11.7. The molecule has 0 bridgehead atoms. The minimum atomic E-state index is -0.0666. The number of rotatable bonds is 11. The highest BCUT2D eigenvalue weighted by molar-refractivity contribution is 5.94. The summed E-state index contributed by atoms with van der Waals surface area (Å²) in [5.41, 5.74) is 2.96. The Labute approximate surface area is 197 Å². The monoisotopic (exact) mass is 455 g/mol. The van der Waals surface area contributed by atoms with Gasteiger partial charge in [0.15, 0.2) is 11.5 Å². The molecule has 7 heteroatoms. The molecule has 1 unspecified atom stereocenters. The summed E-state index contributed by atoms with van der Waals surface area (Å²) in [5.74, 6) is 1.31. The summed E-state index contributed by atoms with van der Waals surface area (Å²) < 4.78 is 16.4. The molecule has 1 amide bonds. The molecular formula is C26H37N3O4. The number of nitrogens with zero attached hydrogens (tertiary/aromatic N) is 2. The largest absolute Gasteiger partial charge is 0.493 e. The van der Waals surface area contributed by atoms with E-state index in [1.165, 1.54) is 5.56 Å². The number of amides is 1. The fourth-order valence-electron chi connectivity index (χ4n) is 4.17. The summed E-state index contributed by atoms with van der Waals surface area (Å²) in [4.78, 5) is 17.6. The number of benzene rings is 2. The third-order valence-corrected chi connectivity index (χ3v) is 6.25. The molecule has 2 aromatic carbocycles. The fourth-order valence-corrected chi connectivity index (χ4v) is 4.17. The average Bonchev–Trinajstić information content (AvgIpc) is 2.88. The first kappa shape index (κ1) is 25.0. The summed E-state index contributed by atoms with van der Waals surface area (Å²) in [6.45, 7) is 10.7. The van der Waals surface area contributed by atoms with Crippen LogP contribution in [0.4, 0.5) is 0 Å². The van der Waals surface area contributed by atoms with Gasteiger partial charge >= 0.3 is 0 Å². The maximum absolute atomic E-state index is 12.9. The second-order valence-corrected chi connectivity index (χ2v) is 8.15. The van der Waals surface area contributed by atoms with Crippen molar-refractivity contribution in [2.75, 3.05) is 60.2 Å². The molecular weight excluding hydrogens is 418 g/mol. The van der Waals surface area contributed by atoms with Gasteiger partial charge in [0.25, 0.3) is 5.91 Å². The lowest BCUT2D eigenvalue weighted by Crippen LogP contribution is -2.43. The predicted octanol–water partition coefficient (Wildman–Crippen LogP) is 3.35. The second-order valence-electron chi connectivity index (χ2n) is 8.15. The Bertz CT molecular complexity index is 878. The van der Waals surface area contributed by atoms with E-state index in [-0.39, 0.29) is 11.9 Å². The molecule has 180 valence electrons. The van der Waals surface area contributed by atoms with Crippen molar-refractivity contribution in [3.05, 3.63) is 59.2 Å². The smallest absolute Gasteiger partial charge is 0.251 e. The molecule has 2 aromatic rings. The van der Waals surface area contributed by atoms with Crippen LogP contribution in [-0.4, -0.2) is 75.9 Å². The van der Waals surface area contributed by atoms with Crippen molar-refractivity contribution in [2.45, 2.75) is 26.4 Å². The zero-order valence-corrected chi connectivity index (χ0v) is 20.3. The number of hydrogen-bond donors (Lipinski definition) is 1. The highest BCUT2D eigenvalue weighted by Gasteiger charge is 2.24. The van der Waals surface area contributed by atoms with Crippen LogP contribution in [0.2, 0.25) is 0 Å². The van der Waals surface area contributed by atoms with Gasteiger partial charge in [0.2, 0.25) is 0 Å². The van der Waals surface area contributed by atoms with Gasteiger partial charge in [0, 0.05) is 31.7 Å². The lowest BCUT2D eigenvalue weighted by molar-refractivity contribution is 0.0162. The molecule has 0 aliphatic carbocycles. The first-order chi connectivity index (χ1) is 16.1. The number of morpholine rings is 1. The predicted molar refractivity (Wildman–Crippen MR) is 130 cm³/mol. The number of nitrogens with one attached hydrogen (secondary N) is 1. The van der Waals surface area contributed by atoms with E-state index >= 15 is 0 Å². The summed E-state index contributed by atoms with van der Waals surface area (Å²) >= 11 is 0. The van der Waals surface area contributed by atoms with Crippen LogP contribution in [0.5, 0.6) is 11.5 Å². The van der Waals surface area contributed by atoms with Gasteiger partial charge in [-0.05, 0) is 48.5 Å². The molecule has 1 heterocycles. The van der Waals surface area contributed by atoms with Gasteiger partial charge in [0.05, 0.1) is 33.5 Å². The standard InChI is InChI=1S/C26H37N3O4/c1-5-28(6-2)19-20-7-9-21(10-8-20)26(30)27-18-23(29-13-15-33-16-14-29)22-11-12-24(31-3)25(17-22)32-4/h7-12,17,23H,5-6,13-16,18-19H2,1-4H3,(H,27,30). The molecule has 1 aliphatic heterocycles. The zero-order valence-electron chi connectivity index (χ0n) is 20.3. The number of carbonyl (C=O) groups excluding carboxylic acids is 1. The van der Waals surface area contributed by atoms with Gasteiger partial charge in [-0.1, -0.05) is 32.0 Å². The molecule has 1 saturated heterocycles. The SMILES string of the molecule is CCN(CC)Cc1ccc(C(=O)NCC(c2ccc(OC)c(OC)c2)N2CCOCC2)cc1. The van der Waals surface area contributed by atoms with Crippen molar-refractivity contribution in [1.29, 1.82) is 0 Å². The molecule has 1 aliphatic rings. The van der Waals surface area contributed by atoms with Crippen molar-refractivity contribution in [2.24, 2.45) is 0 Å². The van der Waals surface area contributed by atoms with Crippen LogP contribution in [0.15, 0.2) is 42.5 Å². The summed E-state index contributed by atoms with van der Waals surface area (Å²) in [5, 5.41) is 3.14. The lowest BCUT2D eigenvalue weighted by Gasteiger charge is -2.35. The Balaban J connectivity index is 1.71. The van der Waals surface area contributed by atoms with Gasteiger partial charge in [-0.2, -0.15) is 0 Å². The fraction of sp³-hybridized carbons (Fsp3) is 0.500. The van der Waals surface area contributed by atoms with Crippen LogP contribution in [0.3, 0.4) is 0 Å². The van der Waals surface area contributed by atoms with Crippen molar-refractivity contribution >= 4 is 5.91 Å². The van der Waals surface area contributed by atoms with Crippen LogP contribution in [0, 0.1) is 0 Å². The van der Waals surface area contributed by atoms with Crippen LogP contribution in [0.25, 0.3) is 0 Å². The second kappa shape index (κ2) is 12.6. The Morgan fingerprint density at radius 1 is 1.03 bits per heavy atom. The molecule has 1 atom stereocenters. The van der Waals surface area contributed by atoms with E-state index < -0.39 is 0 Å². The minimum Gasteiger partial charge on any atom is -0.493 e. The number of hydrogen-bond acceptors (Lipinski definition) is 6. The minimum absolute atomic E-state index is 0.0135. The lowest BCUT2D eigenvalue weighted by atomic mass is 10.0. The van der Waals surface area contributed by atoms with E-state index in [1.54, 1.807) is 14.2 Å². The van der Waals surface area contributed by atoms with Crippen LogP contribution < -0.4 is 14.8 Å². The highest BCUT2D eigenvalue weighted by Crippen LogP contribution is 2.32. The van der Waals surface area contributed by atoms with Gasteiger partial charge in [-0.3, -0.25) is 14.6 Å². The van der Waals surface area contributed by atoms with Gasteiger partial charge < -0.3 is 19.5 Å². The molecule has 1 N–H and O–H groups in total. The van der Waals surface area contributed by atoms with Gasteiger partial charge in [-0.25, -0.2) is 0 Å². The Morgan fingerprint density at radius 2 is 1.70 bits per heavy atom. The van der Waals surface area contributed by atoms with Crippen LogP contribution in [-0.2, 0) is 11.3 Å². The summed E-state index contributed by atoms with van der Waals surface area (Å²) in [6, 6.07) is 13.9. The molecule has 7 nitrogen and oxygen atoms in total. The maximum atomic E-state index is 12.9. The first-order valence-electron chi connectivity index (χ1n) is 11.7. The van der Waals surface area contributed by atoms with E-state index in [9.17, 15) is 4.79 Å². The quantitative estimate of drug-likeness (QED) is 0.561. The van der Waals surface area contributed by atoms with Crippen molar-refractivity contribution in [3.63, 3.8) is 0 Å². The van der Waals surface area contributed by atoms with Crippen molar-refractivity contribution < 1.29 is 19.0 Å². The van der Waals surface area contributed by atoms with Gasteiger partial charge in [0.1, 0.15) is 0 Å². The summed E-state index contributed by atoms with van der Waals surface area (Å²) in [7, 11) is 3.27. The zero-order chi connectivity index (χ0) is 23.6. The van der Waals surface area contributed by atoms with E-state index in [0.717, 1.165) is 38.3 Å². The molecule has 0 spiro atoms. The van der Waals surface area contributed by atoms with Gasteiger partial charge in [-0.15, -0.1) is 0 Å². The molecule has 0 saturated carbocycles. The van der Waals surface area contributed by atoms with E-state index in [1.807, 2.05) is 42.5 Å². The normalized spacial score (nSPS) is 15.3. The topological polar surface area (TPSA) is 63.3 Å². The number of carbonyl (C=O) groups is 1.